The van der Waals surface area contributed by atoms with Crippen molar-refractivity contribution < 1.29 is 44.3 Å². The van der Waals surface area contributed by atoms with E-state index in [0.717, 1.165) is 0 Å². The number of ketones is 4. The van der Waals surface area contributed by atoms with Crippen molar-refractivity contribution in [2.75, 3.05) is 0 Å². The molecule has 36 heavy (non-hydrogen) atoms. The van der Waals surface area contributed by atoms with Gasteiger partial charge in [-0.3, -0.25) is 19.2 Å². The smallest absolute Gasteiger partial charge is 0.202 e. The minimum absolute atomic E-state index is 0.891. The molecule has 0 aromatic heterocycles. The van der Waals surface area contributed by atoms with Gasteiger partial charge in [-0.1, -0.05) is 83.1 Å². The highest BCUT2D eigenvalue weighted by molar-refractivity contribution is 6.10. The van der Waals surface area contributed by atoms with Gasteiger partial charge in [0.25, 0.3) is 0 Å². The summed E-state index contributed by atoms with van der Waals surface area (Å²) in [6.07, 6.45) is -6.77. The van der Waals surface area contributed by atoms with Gasteiger partial charge in [0.1, 0.15) is 18.4 Å². The SMILES string of the molecule is CC(C)(C)C(=O)C(O)[C@H]1OC(N)[C@@](O)(C(=O)C(C)(C)C)[C@](O)(C(=O)C(C)(C)C)[C@@]1(O)C(=O)C(C)(C)C. The predicted molar refractivity (Wildman–Crippen MR) is 132 cm³/mol. The Morgan fingerprint density at radius 3 is 1.31 bits per heavy atom. The van der Waals surface area contributed by atoms with Gasteiger partial charge in [0.15, 0.2) is 28.7 Å². The first-order chi connectivity index (χ1) is 15.5. The highest BCUT2D eigenvalue weighted by atomic mass is 16.6. The standard InChI is InChI=1S/C26H45NO9/c1-20(2,3)14(29)13(28)15-24(33,16(30)21(4,5)6)26(35,18(32)23(10,11)12)25(34,19(27)36-15)17(31)22(7,8)9/h13,15,19,28,33-35H,27H2,1-12H3/t13?,15-,19?,24+,25+,26+/m1/s1. The van der Waals surface area contributed by atoms with Crippen molar-refractivity contribution in [1.82, 2.24) is 0 Å². The van der Waals surface area contributed by atoms with Crippen molar-refractivity contribution >= 4 is 23.1 Å². The average Bonchev–Trinajstić information content (AvgIpc) is 2.69. The van der Waals surface area contributed by atoms with Crippen LogP contribution in [0.1, 0.15) is 83.1 Å². The molecule has 208 valence electrons. The van der Waals surface area contributed by atoms with Crippen LogP contribution in [0.15, 0.2) is 0 Å². The van der Waals surface area contributed by atoms with Gasteiger partial charge < -0.3 is 30.9 Å². The van der Waals surface area contributed by atoms with Gasteiger partial charge in [-0.25, -0.2) is 0 Å². The topological polar surface area (TPSA) is 184 Å². The van der Waals surface area contributed by atoms with Crippen molar-refractivity contribution in [1.29, 1.82) is 0 Å². The number of rotatable bonds is 5. The minimum Gasteiger partial charge on any atom is -0.382 e. The number of carbonyl (C=O) groups is 4. The Kier molecular flexibility index (Phi) is 8.14. The molecule has 0 aliphatic carbocycles. The highest BCUT2D eigenvalue weighted by Crippen LogP contribution is 2.52. The molecule has 1 fully saturated rings. The fourth-order valence-electron chi connectivity index (χ4n) is 4.56. The lowest BCUT2D eigenvalue weighted by molar-refractivity contribution is -0.332. The first-order valence-corrected chi connectivity index (χ1v) is 12.0. The lowest BCUT2D eigenvalue weighted by atomic mass is 9.52. The van der Waals surface area contributed by atoms with Crippen LogP contribution < -0.4 is 5.73 Å². The number of Topliss-reactive ketones (excluding diaryl/α,β-unsaturated/α-hetero) is 4. The van der Waals surface area contributed by atoms with Crippen LogP contribution in [-0.2, 0) is 23.9 Å². The molecule has 10 heteroatoms. The summed E-state index contributed by atoms with van der Waals surface area (Å²) < 4.78 is 5.54. The van der Waals surface area contributed by atoms with Crippen molar-refractivity contribution in [2.45, 2.75) is 118 Å². The molecule has 0 amide bonds. The molecule has 1 saturated heterocycles. The summed E-state index contributed by atoms with van der Waals surface area (Å²) in [6, 6.07) is 0. The van der Waals surface area contributed by atoms with E-state index in [4.69, 9.17) is 10.5 Å². The zero-order valence-electron chi connectivity index (χ0n) is 23.6. The highest BCUT2D eigenvalue weighted by Gasteiger charge is 2.82. The van der Waals surface area contributed by atoms with Crippen molar-refractivity contribution in [3.05, 3.63) is 0 Å². The summed E-state index contributed by atoms with van der Waals surface area (Å²) in [5.41, 5.74) is -10.1. The van der Waals surface area contributed by atoms with E-state index in [-0.39, 0.29) is 0 Å². The van der Waals surface area contributed by atoms with E-state index >= 15 is 0 Å². The van der Waals surface area contributed by atoms with Crippen LogP contribution in [0.4, 0.5) is 0 Å². The van der Waals surface area contributed by atoms with Gasteiger partial charge in [-0.2, -0.15) is 0 Å². The second kappa shape index (κ2) is 9.03. The normalized spacial score (nSPS) is 33.1. The number of nitrogens with two attached hydrogens (primary N) is 1. The lowest BCUT2D eigenvalue weighted by Crippen LogP contribution is -2.90. The number of aliphatic hydroxyl groups excluding tert-OH is 1. The molecule has 0 radical (unpaired) electrons. The van der Waals surface area contributed by atoms with Crippen molar-refractivity contribution in [3.63, 3.8) is 0 Å². The van der Waals surface area contributed by atoms with E-state index < -0.39 is 80.0 Å². The van der Waals surface area contributed by atoms with Crippen LogP contribution in [-0.4, -0.2) is 78.8 Å². The maximum Gasteiger partial charge on any atom is 0.202 e. The van der Waals surface area contributed by atoms with E-state index in [2.05, 4.69) is 0 Å². The molecule has 0 saturated carbocycles. The molecule has 0 bridgehead atoms. The summed E-state index contributed by atoms with van der Waals surface area (Å²) in [7, 11) is 0. The Morgan fingerprint density at radius 2 is 1.00 bits per heavy atom. The molecular formula is C26H45NO9. The maximum atomic E-state index is 14.0. The largest absolute Gasteiger partial charge is 0.382 e. The van der Waals surface area contributed by atoms with Gasteiger partial charge in [0.2, 0.25) is 11.2 Å². The molecule has 1 heterocycles. The number of ether oxygens (including phenoxy) is 1. The van der Waals surface area contributed by atoms with Crippen molar-refractivity contribution in [2.24, 2.45) is 27.4 Å². The monoisotopic (exact) mass is 515 g/mol. The molecule has 6 N–H and O–H groups in total. The minimum atomic E-state index is -3.62. The third-order valence-corrected chi connectivity index (χ3v) is 6.58. The molecule has 0 aromatic carbocycles. The second-order valence-electron chi connectivity index (χ2n) is 14.0. The zero-order chi connectivity index (χ0) is 29.2. The van der Waals surface area contributed by atoms with Crippen LogP contribution in [0.25, 0.3) is 0 Å². The second-order valence-corrected chi connectivity index (χ2v) is 14.0. The van der Waals surface area contributed by atoms with Crippen LogP contribution >= 0.6 is 0 Å². The third-order valence-electron chi connectivity index (χ3n) is 6.58. The van der Waals surface area contributed by atoms with Crippen LogP contribution in [0, 0.1) is 21.7 Å². The summed E-state index contributed by atoms with van der Waals surface area (Å²) >= 11 is 0. The fourth-order valence-corrected chi connectivity index (χ4v) is 4.56. The Hall–Kier alpha value is -1.56. The Morgan fingerprint density at radius 1 is 0.667 bits per heavy atom. The molecule has 1 aliphatic rings. The fraction of sp³-hybridized carbons (Fsp3) is 0.846. The third kappa shape index (κ3) is 4.72. The molecular weight excluding hydrogens is 470 g/mol. The zero-order valence-corrected chi connectivity index (χ0v) is 23.6. The van der Waals surface area contributed by atoms with E-state index in [1.165, 1.54) is 83.1 Å². The molecule has 0 aromatic rings. The Bertz CT molecular complexity index is 931. The molecule has 1 aliphatic heterocycles. The Balaban J connectivity index is 4.35. The van der Waals surface area contributed by atoms with Gasteiger partial charge >= 0.3 is 0 Å². The van der Waals surface area contributed by atoms with Gasteiger partial charge in [-0.05, 0) is 0 Å². The molecule has 0 spiro atoms. The Labute approximate surface area is 213 Å². The first kappa shape index (κ1) is 32.5. The summed E-state index contributed by atoms with van der Waals surface area (Å²) in [4.78, 5) is 54.6. The van der Waals surface area contributed by atoms with E-state index in [9.17, 15) is 39.6 Å². The molecule has 10 nitrogen and oxygen atoms in total. The average molecular weight is 516 g/mol. The molecule has 1 rings (SSSR count). The maximum absolute atomic E-state index is 14.0. The summed E-state index contributed by atoms with van der Waals surface area (Å²) in [6.45, 7) is 16.7. The quantitative estimate of drug-likeness (QED) is 0.349. The van der Waals surface area contributed by atoms with Gasteiger partial charge in [0.05, 0.1) is 0 Å². The van der Waals surface area contributed by atoms with E-state index in [0.29, 0.717) is 0 Å². The van der Waals surface area contributed by atoms with Gasteiger partial charge in [-0.15, -0.1) is 0 Å². The van der Waals surface area contributed by atoms with Crippen LogP contribution in [0.3, 0.4) is 0 Å². The first-order valence-electron chi connectivity index (χ1n) is 12.0. The number of hydrogen-bond donors (Lipinski definition) is 5. The summed E-state index contributed by atoms with van der Waals surface area (Å²) in [5.74, 6) is -4.61. The van der Waals surface area contributed by atoms with Crippen LogP contribution in [0.5, 0.6) is 0 Å². The number of hydrogen-bond acceptors (Lipinski definition) is 10. The summed E-state index contributed by atoms with van der Waals surface area (Å²) in [5, 5.41) is 47.5. The molecule has 2 unspecified atom stereocenters. The van der Waals surface area contributed by atoms with E-state index in [1.54, 1.807) is 0 Å². The number of carbonyl (C=O) groups excluding carboxylic acids is 4. The van der Waals surface area contributed by atoms with Crippen molar-refractivity contribution in [3.8, 4) is 0 Å². The van der Waals surface area contributed by atoms with Gasteiger partial charge in [0, 0.05) is 21.7 Å². The van der Waals surface area contributed by atoms with E-state index in [1.807, 2.05) is 0 Å². The molecule has 6 atom stereocenters. The predicted octanol–water partition coefficient (Wildman–Crippen LogP) is 0.685. The van der Waals surface area contributed by atoms with Crippen LogP contribution in [0.2, 0.25) is 0 Å². The number of aliphatic hydroxyl groups is 4. The lowest BCUT2D eigenvalue weighted by Gasteiger charge is -2.61.